The summed E-state index contributed by atoms with van der Waals surface area (Å²) < 4.78 is 8.48. The van der Waals surface area contributed by atoms with Crippen LogP contribution in [0.1, 0.15) is 51.9 Å². The Kier molecular flexibility index (Phi) is 5.96. The zero-order valence-electron chi connectivity index (χ0n) is 14.6. The molecule has 25 heavy (non-hydrogen) atoms. The molecule has 1 aliphatic heterocycles. The predicted octanol–water partition coefficient (Wildman–Crippen LogP) is 2.69. The van der Waals surface area contributed by atoms with E-state index >= 15 is 0 Å². The standard InChI is InChI=1S/C17H25ClN4O3/c1-2-3-4-9-21-14-13(19-16(18)20-14)15(23)22(17(21)24)10-5-7-12-8-6-11-25-12/h12H,2-11H2,1H3,(H,19,20). The maximum atomic E-state index is 12.8. The Morgan fingerprint density at radius 1 is 1.24 bits per heavy atom. The number of aryl methyl sites for hydroxylation is 1. The molecule has 7 nitrogen and oxygen atoms in total. The fourth-order valence-corrected chi connectivity index (χ4v) is 3.58. The largest absolute Gasteiger partial charge is 0.378 e. The Balaban J connectivity index is 1.87. The summed E-state index contributed by atoms with van der Waals surface area (Å²) in [5.74, 6) is 0. The summed E-state index contributed by atoms with van der Waals surface area (Å²) in [6.07, 6.45) is 6.95. The Morgan fingerprint density at radius 3 is 2.76 bits per heavy atom. The minimum absolute atomic E-state index is 0.132. The average Bonchev–Trinajstić information content (AvgIpc) is 3.23. The predicted molar refractivity (Wildman–Crippen MR) is 97.4 cm³/mol. The van der Waals surface area contributed by atoms with Gasteiger partial charge in [-0.1, -0.05) is 19.8 Å². The van der Waals surface area contributed by atoms with Gasteiger partial charge in [0.25, 0.3) is 5.56 Å². The molecule has 1 unspecified atom stereocenters. The van der Waals surface area contributed by atoms with Crippen LogP contribution in [0.4, 0.5) is 0 Å². The summed E-state index contributed by atoms with van der Waals surface area (Å²) in [4.78, 5) is 32.4. The highest BCUT2D eigenvalue weighted by Gasteiger charge is 2.18. The van der Waals surface area contributed by atoms with Crippen molar-refractivity contribution in [2.24, 2.45) is 0 Å². The molecule has 2 aromatic heterocycles. The number of hydrogen-bond donors (Lipinski definition) is 1. The number of unbranched alkanes of at least 4 members (excludes halogenated alkanes) is 2. The van der Waals surface area contributed by atoms with Crippen molar-refractivity contribution in [1.82, 2.24) is 19.1 Å². The SMILES string of the molecule is CCCCCn1c(=O)n(CCCC2CCCO2)c(=O)c2[nH]c(Cl)nc21. The maximum Gasteiger partial charge on any atom is 0.332 e. The highest BCUT2D eigenvalue weighted by molar-refractivity contribution is 6.28. The van der Waals surface area contributed by atoms with Gasteiger partial charge in [0.15, 0.2) is 11.2 Å². The maximum absolute atomic E-state index is 12.8. The summed E-state index contributed by atoms with van der Waals surface area (Å²) in [6.45, 7) is 3.84. The highest BCUT2D eigenvalue weighted by Crippen LogP contribution is 2.17. The van der Waals surface area contributed by atoms with Gasteiger partial charge in [-0.3, -0.25) is 13.9 Å². The quantitative estimate of drug-likeness (QED) is 0.573. The lowest BCUT2D eigenvalue weighted by Gasteiger charge is -2.12. The van der Waals surface area contributed by atoms with E-state index in [1.807, 2.05) is 0 Å². The highest BCUT2D eigenvalue weighted by atomic mass is 35.5. The van der Waals surface area contributed by atoms with Gasteiger partial charge in [0.1, 0.15) is 0 Å². The molecule has 1 fully saturated rings. The first-order chi connectivity index (χ1) is 12.1. The van der Waals surface area contributed by atoms with Crippen molar-refractivity contribution in [1.29, 1.82) is 0 Å². The van der Waals surface area contributed by atoms with Gasteiger partial charge in [-0.05, 0) is 43.7 Å². The van der Waals surface area contributed by atoms with Crippen molar-refractivity contribution in [2.75, 3.05) is 6.61 Å². The number of aromatic amines is 1. The Bertz CT molecular complexity index is 833. The zero-order valence-corrected chi connectivity index (χ0v) is 15.3. The molecule has 2 aromatic rings. The van der Waals surface area contributed by atoms with Gasteiger partial charge in [-0.25, -0.2) is 4.79 Å². The lowest BCUT2D eigenvalue weighted by Crippen LogP contribution is -2.40. The van der Waals surface area contributed by atoms with Crippen LogP contribution in [-0.2, 0) is 17.8 Å². The lowest BCUT2D eigenvalue weighted by atomic mass is 10.1. The molecule has 0 bridgehead atoms. The van der Waals surface area contributed by atoms with Gasteiger partial charge in [0.2, 0.25) is 5.28 Å². The molecule has 0 aromatic carbocycles. The third-order valence-corrected chi connectivity index (χ3v) is 4.93. The molecule has 138 valence electrons. The van der Waals surface area contributed by atoms with Gasteiger partial charge < -0.3 is 9.72 Å². The van der Waals surface area contributed by atoms with Crippen LogP contribution < -0.4 is 11.2 Å². The normalized spacial score (nSPS) is 17.6. The van der Waals surface area contributed by atoms with E-state index in [-0.39, 0.29) is 22.6 Å². The smallest absolute Gasteiger partial charge is 0.332 e. The van der Waals surface area contributed by atoms with Gasteiger partial charge in [0, 0.05) is 19.7 Å². The Labute approximate surface area is 151 Å². The molecule has 0 saturated carbocycles. The van der Waals surface area contributed by atoms with Gasteiger partial charge in [-0.2, -0.15) is 4.98 Å². The van der Waals surface area contributed by atoms with Gasteiger partial charge in [0.05, 0.1) is 6.10 Å². The zero-order chi connectivity index (χ0) is 17.8. The third-order valence-electron chi connectivity index (χ3n) is 4.75. The van der Waals surface area contributed by atoms with Crippen molar-refractivity contribution in [3.8, 4) is 0 Å². The van der Waals surface area contributed by atoms with E-state index in [0.29, 0.717) is 24.3 Å². The number of halogens is 1. The molecule has 1 aliphatic rings. The van der Waals surface area contributed by atoms with Crippen molar-refractivity contribution in [2.45, 2.75) is 71.1 Å². The molecule has 0 aliphatic carbocycles. The molecule has 1 N–H and O–H groups in total. The molecule has 3 rings (SSSR count). The molecule has 3 heterocycles. The minimum atomic E-state index is -0.349. The van der Waals surface area contributed by atoms with Crippen molar-refractivity contribution >= 4 is 22.8 Å². The first-order valence-electron chi connectivity index (χ1n) is 9.12. The molecule has 1 saturated heterocycles. The monoisotopic (exact) mass is 368 g/mol. The number of hydrogen-bond acceptors (Lipinski definition) is 4. The third kappa shape index (κ3) is 3.98. The Morgan fingerprint density at radius 2 is 2.04 bits per heavy atom. The summed E-state index contributed by atoms with van der Waals surface area (Å²) in [5.41, 5.74) is 0.00675. The van der Waals surface area contributed by atoms with Crippen LogP contribution >= 0.6 is 11.6 Å². The number of nitrogens with zero attached hydrogens (tertiary/aromatic N) is 3. The van der Waals surface area contributed by atoms with E-state index in [2.05, 4.69) is 16.9 Å². The number of aromatic nitrogens is 4. The van der Waals surface area contributed by atoms with Crippen LogP contribution in [0.2, 0.25) is 5.28 Å². The van der Waals surface area contributed by atoms with E-state index in [1.165, 1.54) is 4.57 Å². The molecular weight excluding hydrogens is 344 g/mol. The summed E-state index contributed by atoms with van der Waals surface area (Å²) in [7, 11) is 0. The molecule has 0 amide bonds. The number of fused-ring (bicyclic) bond motifs is 1. The lowest BCUT2D eigenvalue weighted by molar-refractivity contribution is 0.101. The number of ether oxygens (including phenoxy) is 1. The van der Waals surface area contributed by atoms with Crippen LogP contribution in [0.15, 0.2) is 9.59 Å². The van der Waals surface area contributed by atoms with Crippen molar-refractivity contribution in [3.63, 3.8) is 0 Å². The number of rotatable bonds is 8. The second kappa shape index (κ2) is 8.19. The first-order valence-corrected chi connectivity index (χ1v) is 9.50. The summed E-state index contributed by atoms with van der Waals surface area (Å²) in [6, 6.07) is 0. The topological polar surface area (TPSA) is 81.9 Å². The van der Waals surface area contributed by atoms with Crippen molar-refractivity contribution in [3.05, 3.63) is 26.1 Å². The summed E-state index contributed by atoms with van der Waals surface area (Å²) >= 11 is 5.94. The minimum Gasteiger partial charge on any atom is -0.378 e. The Hall–Kier alpha value is -1.60. The van der Waals surface area contributed by atoms with E-state index in [4.69, 9.17) is 16.3 Å². The van der Waals surface area contributed by atoms with Gasteiger partial charge >= 0.3 is 5.69 Å². The van der Waals surface area contributed by atoms with Crippen molar-refractivity contribution < 1.29 is 4.74 Å². The van der Waals surface area contributed by atoms with E-state index < -0.39 is 0 Å². The number of imidazole rings is 1. The van der Waals surface area contributed by atoms with Crippen LogP contribution in [0.25, 0.3) is 11.2 Å². The second-order valence-corrected chi connectivity index (χ2v) is 6.96. The fraction of sp³-hybridized carbons (Fsp3) is 0.706. The molecule has 0 radical (unpaired) electrons. The molecular formula is C17H25ClN4O3. The van der Waals surface area contributed by atoms with E-state index in [9.17, 15) is 9.59 Å². The molecule has 8 heteroatoms. The number of nitrogens with one attached hydrogen (secondary N) is 1. The first kappa shape index (κ1) is 18.2. The van der Waals surface area contributed by atoms with Gasteiger partial charge in [-0.15, -0.1) is 0 Å². The van der Waals surface area contributed by atoms with Crippen LogP contribution in [0, 0.1) is 0 Å². The van der Waals surface area contributed by atoms with Crippen LogP contribution in [0.3, 0.4) is 0 Å². The van der Waals surface area contributed by atoms with E-state index in [0.717, 1.165) is 51.6 Å². The average molecular weight is 369 g/mol. The summed E-state index contributed by atoms with van der Waals surface area (Å²) in [5, 5.41) is 0.132. The van der Waals surface area contributed by atoms with E-state index in [1.54, 1.807) is 4.57 Å². The fourth-order valence-electron chi connectivity index (χ4n) is 3.41. The molecule has 1 atom stereocenters. The second-order valence-electron chi connectivity index (χ2n) is 6.60. The molecule has 0 spiro atoms. The van der Waals surface area contributed by atoms with Crippen LogP contribution in [-0.4, -0.2) is 31.8 Å². The number of H-pyrrole nitrogens is 1. The van der Waals surface area contributed by atoms with Crippen LogP contribution in [0.5, 0.6) is 0 Å².